The van der Waals surface area contributed by atoms with Gasteiger partial charge < -0.3 is 11.1 Å². The molecule has 1 saturated carbocycles. The molecule has 1 fully saturated rings. The van der Waals surface area contributed by atoms with Gasteiger partial charge in [-0.15, -0.1) is 12.4 Å². The number of hydrogen-bond donors (Lipinski definition) is 2. The van der Waals surface area contributed by atoms with Gasteiger partial charge in [-0.3, -0.25) is 4.79 Å². The molecule has 2 rings (SSSR count). The first-order chi connectivity index (χ1) is 10.8. The molecule has 0 bridgehead atoms. The zero-order chi connectivity index (χ0) is 17.0. The lowest BCUT2D eigenvalue weighted by atomic mass is 9.85. The average Bonchev–Trinajstić information content (AvgIpc) is 2.47. The maximum absolute atomic E-state index is 12.3. The lowest BCUT2D eigenvalue weighted by molar-refractivity contribution is -0.120. The lowest BCUT2D eigenvalue weighted by Gasteiger charge is -2.25. The largest absolute Gasteiger partial charge is 0.328 e. The van der Waals surface area contributed by atoms with Gasteiger partial charge in [-0.25, -0.2) is 8.42 Å². The highest BCUT2D eigenvalue weighted by atomic mass is 35.5. The van der Waals surface area contributed by atoms with Crippen molar-refractivity contribution in [3.05, 3.63) is 29.8 Å². The van der Waals surface area contributed by atoms with Crippen LogP contribution in [0.1, 0.15) is 45.1 Å². The number of carbonyl (C=O) groups is 1. The second-order valence-electron chi connectivity index (χ2n) is 6.67. The van der Waals surface area contributed by atoms with Crippen molar-refractivity contribution in [1.82, 2.24) is 0 Å². The molecule has 2 unspecified atom stereocenters. The quantitative estimate of drug-likeness (QED) is 0.829. The third-order valence-corrected chi connectivity index (χ3v) is 6.54. The third kappa shape index (κ3) is 5.76. The van der Waals surface area contributed by atoms with E-state index in [1.807, 2.05) is 0 Å². The van der Waals surface area contributed by atoms with E-state index >= 15 is 0 Å². The van der Waals surface area contributed by atoms with Gasteiger partial charge in [-0.2, -0.15) is 0 Å². The number of anilines is 1. The van der Waals surface area contributed by atoms with E-state index < -0.39 is 15.1 Å². The molecular weight excluding hydrogens is 348 g/mol. The Morgan fingerprint density at radius 3 is 2.67 bits per heavy atom. The number of benzene rings is 1. The molecule has 0 spiro atoms. The first kappa shape index (κ1) is 20.9. The molecule has 2 atom stereocenters. The van der Waals surface area contributed by atoms with Crippen LogP contribution in [0.2, 0.25) is 0 Å². The lowest BCUT2D eigenvalue weighted by Crippen LogP contribution is -2.34. The van der Waals surface area contributed by atoms with Crippen molar-refractivity contribution in [3.8, 4) is 0 Å². The summed E-state index contributed by atoms with van der Waals surface area (Å²) in [4.78, 5) is 12.3. The van der Waals surface area contributed by atoms with Crippen LogP contribution in [0.15, 0.2) is 24.3 Å². The Kier molecular flexibility index (Phi) is 7.70. The van der Waals surface area contributed by atoms with Gasteiger partial charge in [-0.1, -0.05) is 18.6 Å². The molecule has 1 amide bonds. The zero-order valence-electron chi connectivity index (χ0n) is 14.2. The number of nitrogens with two attached hydrogens (primary N) is 1. The molecule has 7 heteroatoms. The number of carbonyl (C=O) groups excluding carboxylic acids is 1. The minimum atomic E-state index is -3.15. The van der Waals surface area contributed by atoms with E-state index in [4.69, 9.17) is 5.73 Å². The van der Waals surface area contributed by atoms with Crippen LogP contribution in [0, 0.1) is 5.92 Å². The molecule has 1 aromatic rings. The van der Waals surface area contributed by atoms with Crippen LogP contribution in [-0.2, 0) is 20.4 Å². The molecule has 1 aliphatic rings. The topological polar surface area (TPSA) is 89.3 Å². The first-order valence-corrected chi connectivity index (χ1v) is 9.86. The summed E-state index contributed by atoms with van der Waals surface area (Å²) in [6, 6.07) is 7.16. The first-order valence-electron chi connectivity index (χ1n) is 8.15. The predicted molar refractivity (Wildman–Crippen MR) is 100 cm³/mol. The Morgan fingerprint density at radius 1 is 1.33 bits per heavy atom. The Morgan fingerprint density at radius 2 is 2.04 bits per heavy atom. The van der Waals surface area contributed by atoms with Gasteiger partial charge in [0.05, 0.1) is 11.0 Å². The Balaban J connectivity index is 0.00000288. The summed E-state index contributed by atoms with van der Waals surface area (Å²) >= 11 is 0. The van der Waals surface area contributed by atoms with Gasteiger partial charge in [0.25, 0.3) is 0 Å². The van der Waals surface area contributed by atoms with Crippen molar-refractivity contribution in [2.24, 2.45) is 11.7 Å². The van der Waals surface area contributed by atoms with E-state index in [0.717, 1.165) is 19.3 Å². The van der Waals surface area contributed by atoms with Gasteiger partial charge in [0.1, 0.15) is 0 Å². The molecule has 0 radical (unpaired) electrons. The number of rotatable bonds is 5. The monoisotopic (exact) mass is 374 g/mol. The second-order valence-corrected chi connectivity index (χ2v) is 9.23. The summed E-state index contributed by atoms with van der Waals surface area (Å²) in [5.74, 6) is -0.0892. The van der Waals surface area contributed by atoms with Crippen LogP contribution >= 0.6 is 12.4 Å². The number of amides is 1. The Labute approximate surface area is 150 Å². The summed E-state index contributed by atoms with van der Waals surface area (Å²) in [5.41, 5.74) is 7.27. The standard InChI is InChI=1S/C17H26N2O3S.ClH/c1-12(2)23(21,22)11-13-5-3-8-16(9-13)19-17(20)14-6-4-7-15(18)10-14;/h3,5,8-9,12,14-15H,4,6-7,10-11,18H2,1-2H3,(H,19,20);1H. The summed E-state index contributed by atoms with van der Waals surface area (Å²) in [7, 11) is -3.15. The fraction of sp³-hybridized carbons (Fsp3) is 0.588. The molecule has 0 saturated heterocycles. The van der Waals surface area contributed by atoms with Crippen LogP contribution < -0.4 is 11.1 Å². The highest BCUT2D eigenvalue weighted by Crippen LogP contribution is 2.25. The maximum atomic E-state index is 12.3. The molecule has 0 aromatic heterocycles. The van der Waals surface area contributed by atoms with E-state index in [2.05, 4.69) is 5.32 Å². The molecular formula is C17H27ClN2O3S. The average molecular weight is 375 g/mol. The van der Waals surface area contributed by atoms with E-state index in [-0.39, 0.29) is 36.0 Å². The van der Waals surface area contributed by atoms with Crippen molar-refractivity contribution in [3.63, 3.8) is 0 Å². The van der Waals surface area contributed by atoms with E-state index in [1.165, 1.54) is 0 Å². The molecule has 136 valence electrons. The van der Waals surface area contributed by atoms with Crippen LogP contribution in [0.5, 0.6) is 0 Å². The highest BCUT2D eigenvalue weighted by molar-refractivity contribution is 7.91. The predicted octanol–water partition coefficient (Wildman–Crippen LogP) is 2.89. The smallest absolute Gasteiger partial charge is 0.227 e. The fourth-order valence-corrected chi connectivity index (χ4v) is 3.83. The van der Waals surface area contributed by atoms with E-state index in [1.54, 1.807) is 38.1 Å². The maximum Gasteiger partial charge on any atom is 0.227 e. The molecule has 5 nitrogen and oxygen atoms in total. The molecule has 0 heterocycles. The summed E-state index contributed by atoms with van der Waals surface area (Å²) in [6.07, 6.45) is 3.53. The minimum absolute atomic E-state index is 0. The third-order valence-electron chi connectivity index (χ3n) is 4.37. The molecule has 1 aliphatic carbocycles. The highest BCUT2D eigenvalue weighted by Gasteiger charge is 2.25. The van der Waals surface area contributed by atoms with Crippen molar-refractivity contribution >= 4 is 33.8 Å². The van der Waals surface area contributed by atoms with Gasteiger partial charge in [0, 0.05) is 17.6 Å². The second kappa shape index (κ2) is 8.83. The number of sulfone groups is 1. The van der Waals surface area contributed by atoms with Crippen molar-refractivity contribution in [2.45, 2.75) is 56.6 Å². The molecule has 24 heavy (non-hydrogen) atoms. The summed E-state index contributed by atoms with van der Waals surface area (Å²) in [5, 5.41) is 2.49. The van der Waals surface area contributed by atoms with Gasteiger partial charge in [0.15, 0.2) is 9.84 Å². The van der Waals surface area contributed by atoms with Crippen LogP contribution in [0.4, 0.5) is 5.69 Å². The van der Waals surface area contributed by atoms with Crippen molar-refractivity contribution in [2.75, 3.05) is 5.32 Å². The van der Waals surface area contributed by atoms with Gasteiger partial charge >= 0.3 is 0 Å². The van der Waals surface area contributed by atoms with Crippen LogP contribution in [0.25, 0.3) is 0 Å². The Hall–Kier alpha value is -1.11. The van der Waals surface area contributed by atoms with E-state index in [9.17, 15) is 13.2 Å². The Bertz CT molecular complexity index is 662. The number of halogens is 1. The fourth-order valence-electron chi connectivity index (χ4n) is 2.85. The molecule has 1 aromatic carbocycles. The molecule has 0 aliphatic heterocycles. The normalized spacial score (nSPS) is 21.2. The van der Waals surface area contributed by atoms with Crippen LogP contribution in [-0.4, -0.2) is 25.6 Å². The minimum Gasteiger partial charge on any atom is -0.328 e. The van der Waals surface area contributed by atoms with Crippen molar-refractivity contribution in [1.29, 1.82) is 0 Å². The molecule has 3 N–H and O–H groups in total. The zero-order valence-corrected chi connectivity index (χ0v) is 15.8. The number of nitrogens with one attached hydrogen (secondary N) is 1. The summed E-state index contributed by atoms with van der Waals surface area (Å²) < 4.78 is 24.0. The summed E-state index contributed by atoms with van der Waals surface area (Å²) in [6.45, 7) is 3.35. The van der Waals surface area contributed by atoms with Crippen LogP contribution in [0.3, 0.4) is 0 Å². The van der Waals surface area contributed by atoms with Gasteiger partial charge in [-0.05, 0) is 50.8 Å². The number of hydrogen-bond acceptors (Lipinski definition) is 4. The van der Waals surface area contributed by atoms with Gasteiger partial charge in [0.2, 0.25) is 5.91 Å². The van der Waals surface area contributed by atoms with Crippen molar-refractivity contribution < 1.29 is 13.2 Å². The van der Waals surface area contributed by atoms with E-state index in [0.29, 0.717) is 17.7 Å². The SMILES string of the molecule is CC(C)S(=O)(=O)Cc1cccc(NC(=O)C2CCCC(N)C2)c1.Cl.